The van der Waals surface area contributed by atoms with E-state index in [1.807, 2.05) is 38.1 Å². The predicted octanol–water partition coefficient (Wildman–Crippen LogP) is 4.72. The molecule has 0 aliphatic carbocycles. The molecule has 0 spiro atoms. The van der Waals surface area contributed by atoms with E-state index in [0.717, 1.165) is 16.8 Å². The van der Waals surface area contributed by atoms with Crippen molar-refractivity contribution in [3.63, 3.8) is 0 Å². The van der Waals surface area contributed by atoms with Gasteiger partial charge in [0.25, 0.3) is 0 Å². The largest absolute Gasteiger partial charge is 0.439 e. The Labute approximate surface area is 173 Å². The number of hydrogen-bond donors (Lipinski definition) is 2. The van der Waals surface area contributed by atoms with E-state index < -0.39 is 0 Å². The summed E-state index contributed by atoms with van der Waals surface area (Å²) in [5.74, 6) is 1.58. The number of carbonyl (C=O) groups excluding carboxylic acids is 1. The van der Waals surface area contributed by atoms with Crippen LogP contribution < -0.4 is 15.4 Å². The van der Waals surface area contributed by atoms with E-state index in [-0.39, 0.29) is 6.03 Å². The average Bonchev–Trinajstić information content (AvgIpc) is 3.27. The van der Waals surface area contributed by atoms with Gasteiger partial charge in [0.2, 0.25) is 5.88 Å². The maximum absolute atomic E-state index is 12.3. The van der Waals surface area contributed by atoms with Crippen molar-refractivity contribution in [1.29, 1.82) is 0 Å². The Morgan fingerprint density at radius 1 is 1.00 bits per heavy atom. The van der Waals surface area contributed by atoms with Crippen LogP contribution in [0.3, 0.4) is 0 Å². The molecule has 2 heterocycles. The predicted molar refractivity (Wildman–Crippen MR) is 114 cm³/mol. The van der Waals surface area contributed by atoms with E-state index in [0.29, 0.717) is 23.1 Å². The van der Waals surface area contributed by atoms with Gasteiger partial charge in [-0.25, -0.2) is 19.4 Å². The number of aromatic nitrogens is 4. The van der Waals surface area contributed by atoms with E-state index in [2.05, 4.69) is 25.7 Å². The number of nitrogens with zero attached hydrogens (tertiary/aromatic N) is 4. The van der Waals surface area contributed by atoms with Crippen LogP contribution in [0.15, 0.2) is 73.3 Å². The van der Waals surface area contributed by atoms with Gasteiger partial charge in [-0.2, -0.15) is 5.10 Å². The minimum atomic E-state index is -0.310. The Morgan fingerprint density at radius 3 is 2.57 bits per heavy atom. The molecule has 0 unspecified atom stereocenters. The summed E-state index contributed by atoms with van der Waals surface area (Å²) in [7, 11) is 0. The van der Waals surface area contributed by atoms with Crippen LogP contribution in [-0.4, -0.2) is 25.8 Å². The van der Waals surface area contributed by atoms with E-state index in [1.165, 1.54) is 6.33 Å². The summed E-state index contributed by atoms with van der Waals surface area (Å²) < 4.78 is 7.40. The number of rotatable bonds is 5. The number of nitrogens with one attached hydrogen (secondary N) is 2. The number of ether oxygens (including phenoxy) is 1. The highest BCUT2D eigenvalue weighted by atomic mass is 16.5. The standard InChI is InChI=1S/C22H20N6O2/c1-15-4-9-19(16(2)12-15)27-22(29)26-17-5-7-18(8-6-17)30-21-13-20(23-14-24-21)28-11-3-10-25-28/h3-14H,1-2H3,(H2,26,27,29). The van der Waals surface area contributed by atoms with Crippen molar-refractivity contribution in [3.8, 4) is 17.4 Å². The minimum absolute atomic E-state index is 0.310. The summed E-state index contributed by atoms with van der Waals surface area (Å²) in [5.41, 5.74) is 3.57. The van der Waals surface area contributed by atoms with Crippen LogP contribution in [0.1, 0.15) is 11.1 Å². The highest BCUT2D eigenvalue weighted by Crippen LogP contribution is 2.23. The molecule has 0 atom stereocenters. The molecule has 2 N–H and O–H groups in total. The van der Waals surface area contributed by atoms with Crippen LogP contribution in [0.25, 0.3) is 5.82 Å². The zero-order valence-corrected chi connectivity index (χ0v) is 16.5. The first kappa shape index (κ1) is 19.1. The average molecular weight is 400 g/mol. The van der Waals surface area contributed by atoms with Gasteiger partial charge in [0.15, 0.2) is 5.82 Å². The van der Waals surface area contributed by atoms with Crippen molar-refractivity contribution in [2.75, 3.05) is 10.6 Å². The number of aryl methyl sites for hydroxylation is 2. The van der Waals surface area contributed by atoms with E-state index >= 15 is 0 Å². The number of anilines is 2. The molecule has 4 aromatic rings. The van der Waals surface area contributed by atoms with Gasteiger partial charge < -0.3 is 15.4 Å². The summed E-state index contributed by atoms with van der Waals surface area (Å²) in [4.78, 5) is 20.6. The first-order chi connectivity index (χ1) is 14.6. The Hall–Kier alpha value is -4.20. The van der Waals surface area contributed by atoms with Crippen molar-refractivity contribution in [2.45, 2.75) is 13.8 Å². The van der Waals surface area contributed by atoms with Crippen LogP contribution in [0.4, 0.5) is 16.2 Å². The van der Waals surface area contributed by atoms with Crippen LogP contribution in [0, 0.1) is 13.8 Å². The molecule has 8 nitrogen and oxygen atoms in total. The molecule has 0 saturated heterocycles. The molecule has 8 heteroatoms. The highest BCUT2D eigenvalue weighted by Gasteiger charge is 2.07. The molecule has 0 radical (unpaired) electrons. The lowest BCUT2D eigenvalue weighted by atomic mass is 10.1. The molecule has 2 aromatic heterocycles. The van der Waals surface area contributed by atoms with Crippen molar-refractivity contribution >= 4 is 17.4 Å². The molecule has 0 aliphatic heterocycles. The third kappa shape index (κ3) is 4.61. The van der Waals surface area contributed by atoms with Gasteiger partial charge in [-0.05, 0) is 55.8 Å². The fraction of sp³-hybridized carbons (Fsp3) is 0.0909. The molecule has 4 rings (SSSR count). The van der Waals surface area contributed by atoms with Gasteiger partial charge in [-0.3, -0.25) is 0 Å². The number of urea groups is 1. The molecule has 0 fully saturated rings. The highest BCUT2D eigenvalue weighted by molar-refractivity contribution is 6.00. The zero-order chi connectivity index (χ0) is 20.9. The van der Waals surface area contributed by atoms with Gasteiger partial charge >= 0.3 is 6.03 Å². The Bertz CT molecular complexity index is 1160. The Morgan fingerprint density at radius 2 is 1.83 bits per heavy atom. The molecular formula is C22H20N6O2. The van der Waals surface area contributed by atoms with Crippen LogP contribution >= 0.6 is 0 Å². The van der Waals surface area contributed by atoms with E-state index in [1.54, 1.807) is 47.4 Å². The second-order valence-electron chi connectivity index (χ2n) is 6.69. The number of carbonyl (C=O) groups is 1. The number of hydrogen-bond acceptors (Lipinski definition) is 5. The van der Waals surface area contributed by atoms with Crippen LogP contribution in [0.5, 0.6) is 11.6 Å². The van der Waals surface area contributed by atoms with Crippen molar-refractivity contribution in [3.05, 3.63) is 84.4 Å². The SMILES string of the molecule is Cc1ccc(NC(=O)Nc2ccc(Oc3cc(-n4cccn4)ncn3)cc2)c(C)c1. The second kappa shape index (κ2) is 8.44. The minimum Gasteiger partial charge on any atom is -0.439 e. The Kier molecular flexibility index (Phi) is 5.38. The first-order valence-corrected chi connectivity index (χ1v) is 9.32. The van der Waals surface area contributed by atoms with Crippen molar-refractivity contribution in [2.24, 2.45) is 0 Å². The molecule has 0 aliphatic rings. The Balaban J connectivity index is 1.38. The number of amides is 2. The van der Waals surface area contributed by atoms with Crippen molar-refractivity contribution in [1.82, 2.24) is 19.7 Å². The molecule has 2 aromatic carbocycles. The van der Waals surface area contributed by atoms with Gasteiger partial charge in [0.05, 0.1) is 0 Å². The van der Waals surface area contributed by atoms with Gasteiger partial charge in [0.1, 0.15) is 12.1 Å². The van der Waals surface area contributed by atoms with Crippen LogP contribution in [0.2, 0.25) is 0 Å². The third-order valence-corrected chi connectivity index (χ3v) is 4.33. The summed E-state index contributed by atoms with van der Waals surface area (Å²) in [6.07, 6.45) is 4.88. The summed E-state index contributed by atoms with van der Waals surface area (Å²) in [5, 5.41) is 9.80. The van der Waals surface area contributed by atoms with Gasteiger partial charge in [0, 0.05) is 29.8 Å². The fourth-order valence-corrected chi connectivity index (χ4v) is 2.88. The maximum atomic E-state index is 12.3. The second-order valence-corrected chi connectivity index (χ2v) is 6.69. The molecule has 0 saturated carbocycles. The summed E-state index contributed by atoms with van der Waals surface area (Å²) in [6.45, 7) is 3.97. The number of benzene rings is 2. The monoisotopic (exact) mass is 400 g/mol. The van der Waals surface area contributed by atoms with E-state index in [4.69, 9.17) is 4.74 Å². The molecule has 150 valence electrons. The lowest BCUT2D eigenvalue weighted by molar-refractivity contribution is 0.262. The van der Waals surface area contributed by atoms with Gasteiger partial charge in [-0.1, -0.05) is 17.7 Å². The van der Waals surface area contributed by atoms with Crippen molar-refractivity contribution < 1.29 is 9.53 Å². The third-order valence-electron chi connectivity index (χ3n) is 4.33. The molecular weight excluding hydrogens is 380 g/mol. The smallest absolute Gasteiger partial charge is 0.323 e. The lowest BCUT2D eigenvalue weighted by Gasteiger charge is -2.11. The van der Waals surface area contributed by atoms with Crippen LogP contribution in [-0.2, 0) is 0 Å². The maximum Gasteiger partial charge on any atom is 0.323 e. The normalized spacial score (nSPS) is 10.5. The summed E-state index contributed by atoms with van der Waals surface area (Å²) >= 11 is 0. The van der Waals surface area contributed by atoms with Gasteiger partial charge in [-0.15, -0.1) is 0 Å². The molecule has 0 bridgehead atoms. The molecule has 2 amide bonds. The quantitative estimate of drug-likeness (QED) is 0.506. The summed E-state index contributed by atoms with van der Waals surface area (Å²) in [6, 6.07) is 16.1. The lowest BCUT2D eigenvalue weighted by Crippen LogP contribution is -2.19. The fourth-order valence-electron chi connectivity index (χ4n) is 2.88. The van der Waals surface area contributed by atoms with E-state index in [9.17, 15) is 4.79 Å². The first-order valence-electron chi connectivity index (χ1n) is 9.32. The topological polar surface area (TPSA) is 94.0 Å². The zero-order valence-electron chi connectivity index (χ0n) is 16.5. The molecule has 30 heavy (non-hydrogen) atoms.